The number of fused-ring (bicyclic) bond motifs is 1. The zero-order chi connectivity index (χ0) is 11.8. The lowest BCUT2D eigenvalue weighted by atomic mass is 10.2. The number of hydrazine groups is 3. The van der Waals surface area contributed by atoms with E-state index in [-0.39, 0.29) is 10.2 Å². The highest BCUT2D eigenvalue weighted by Gasteiger charge is 2.47. The number of amidine groups is 1. The van der Waals surface area contributed by atoms with E-state index in [1.54, 1.807) is 16.8 Å². The van der Waals surface area contributed by atoms with Gasteiger partial charge in [0, 0.05) is 7.05 Å². The van der Waals surface area contributed by atoms with Crippen molar-refractivity contribution in [1.29, 1.82) is 0 Å². The lowest BCUT2D eigenvalue weighted by Crippen LogP contribution is -2.45. The molecule has 16 heavy (non-hydrogen) atoms. The summed E-state index contributed by atoms with van der Waals surface area (Å²) in [5, 5.41) is 7.96. The number of thioether (sulfide) groups is 1. The van der Waals surface area contributed by atoms with Crippen molar-refractivity contribution >= 4 is 23.7 Å². The van der Waals surface area contributed by atoms with E-state index in [1.807, 2.05) is 13.8 Å². The Labute approximate surface area is 97.0 Å². The number of carbonyl (C=O) groups excluding carboxylic acids is 1. The molecule has 2 heterocycles. The van der Waals surface area contributed by atoms with Crippen molar-refractivity contribution in [2.45, 2.75) is 24.1 Å². The Kier molecular flexibility index (Phi) is 2.93. The van der Waals surface area contributed by atoms with Crippen LogP contribution in [-0.4, -0.2) is 34.2 Å². The number of nitrogens with zero attached hydrogens (tertiary/aromatic N) is 2. The molecule has 0 aliphatic carbocycles. The van der Waals surface area contributed by atoms with E-state index in [4.69, 9.17) is 4.84 Å². The van der Waals surface area contributed by atoms with Gasteiger partial charge in [-0.05, 0) is 13.8 Å². The average Bonchev–Trinajstić information content (AvgIpc) is 2.72. The van der Waals surface area contributed by atoms with Crippen LogP contribution in [0.5, 0.6) is 0 Å². The van der Waals surface area contributed by atoms with Crippen LogP contribution in [0.3, 0.4) is 0 Å². The normalized spacial score (nSPS) is 29.3. The number of oxime groups is 1. The molecule has 0 aromatic heterocycles. The lowest BCUT2D eigenvalue weighted by molar-refractivity contribution is 0.149. The van der Waals surface area contributed by atoms with Gasteiger partial charge in [0.25, 0.3) is 0 Å². The van der Waals surface area contributed by atoms with Crippen LogP contribution in [0.2, 0.25) is 0 Å². The second kappa shape index (κ2) is 4.09. The first kappa shape index (κ1) is 11.5. The number of amides is 1. The molecule has 1 unspecified atom stereocenters. The molecular formula is C7H14N6O2S. The first-order valence-electron chi connectivity index (χ1n) is 4.75. The van der Waals surface area contributed by atoms with Gasteiger partial charge in [-0.2, -0.15) is 11.1 Å². The largest absolute Gasteiger partial charge is 0.433 e. The molecule has 0 bridgehead atoms. The quantitative estimate of drug-likeness (QED) is 0.359. The summed E-state index contributed by atoms with van der Waals surface area (Å²) < 4.78 is -0.235. The van der Waals surface area contributed by atoms with Crippen LogP contribution in [0.25, 0.3) is 0 Å². The molecule has 4 N–H and O–H groups in total. The molecule has 0 aromatic carbocycles. The zero-order valence-electron chi connectivity index (χ0n) is 9.20. The van der Waals surface area contributed by atoms with Gasteiger partial charge in [0.15, 0.2) is 11.3 Å². The van der Waals surface area contributed by atoms with Gasteiger partial charge in [-0.25, -0.2) is 15.2 Å². The van der Waals surface area contributed by atoms with Crippen molar-refractivity contribution in [3.05, 3.63) is 0 Å². The lowest BCUT2D eigenvalue weighted by Gasteiger charge is -2.19. The Morgan fingerprint density at radius 2 is 2.44 bits per heavy atom. The molecule has 9 heteroatoms. The summed E-state index contributed by atoms with van der Waals surface area (Å²) in [6.45, 7) is 4.01. The van der Waals surface area contributed by atoms with Crippen molar-refractivity contribution < 1.29 is 9.63 Å². The number of hydrogen-bond acceptors (Lipinski definition) is 7. The standard InChI is InChI=1S/C7H14N6O2S/c1-7(2)4(10-15-6(14)8-3)13-5(16-7)9-11-12-13/h5,9,11-12H,1-3H3,(H,8,14). The van der Waals surface area contributed by atoms with Crippen molar-refractivity contribution in [3.63, 3.8) is 0 Å². The number of rotatable bonds is 1. The molecule has 1 atom stereocenters. The zero-order valence-corrected chi connectivity index (χ0v) is 10.0. The summed E-state index contributed by atoms with van der Waals surface area (Å²) in [6, 6.07) is 0. The van der Waals surface area contributed by atoms with E-state index in [2.05, 4.69) is 27.0 Å². The average molecular weight is 246 g/mol. The molecular weight excluding hydrogens is 232 g/mol. The van der Waals surface area contributed by atoms with Crippen molar-refractivity contribution in [2.75, 3.05) is 7.05 Å². The first-order chi connectivity index (χ1) is 7.54. The van der Waals surface area contributed by atoms with Crippen LogP contribution in [0.15, 0.2) is 5.16 Å². The molecule has 2 saturated heterocycles. The molecule has 0 saturated carbocycles. The summed E-state index contributed by atoms with van der Waals surface area (Å²) in [7, 11) is 1.48. The Bertz CT molecular complexity index is 333. The molecule has 8 nitrogen and oxygen atoms in total. The Morgan fingerprint density at radius 3 is 3.12 bits per heavy atom. The minimum Gasteiger partial charge on any atom is -0.323 e. The van der Waals surface area contributed by atoms with Gasteiger partial charge < -0.3 is 5.32 Å². The maximum atomic E-state index is 11.0. The van der Waals surface area contributed by atoms with Crippen LogP contribution in [0, 0.1) is 0 Å². The number of hydrogen-bond donors (Lipinski definition) is 4. The Balaban J connectivity index is 2.13. The summed E-state index contributed by atoms with van der Waals surface area (Å²) in [4.78, 5) is 15.7. The summed E-state index contributed by atoms with van der Waals surface area (Å²) in [5.41, 5.74) is 8.66. The van der Waals surface area contributed by atoms with Gasteiger partial charge in [-0.15, -0.1) is 11.8 Å². The third-order valence-electron chi connectivity index (χ3n) is 2.20. The minimum atomic E-state index is -0.586. The number of carbonyl (C=O) groups is 1. The molecule has 90 valence electrons. The second-order valence-corrected chi connectivity index (χ2v) is 5.48. The predicted octanol–water partition coefficient (Wildman–Crippen LogP) is -0.706. The van der Waals surface area contributed by atoms with Crippen LogP contribution in [-0.2, 0) is 4.84 Å². The second-order valence-electron chi connectivity index (χ2n) is 3.78. The summed E-state index contributed by atoms with van der Waals surface area (Å²) in [5.74, 6) is 0.642. The van der Waals surface area contributed by atoms with Gasteiger partial charge in [-0.3, -0.25) is 4.84 Å². The highest BCUT2D eigenvalue weighted by Crippen LogP contribution is 2.39. The monoisotopic (exact) mass is 246 g/mol. The van der Waals surface area contributed by atoms with Gasteiger partial charge in [0.2, 0.25) is 0 Å². The highest BCUT2D eigenvalue weighted by molar-refractivity contribution is 8.02. The molecule has 0 aromatic rings. The molecule has 2 rings (SSSR count). The molecule has 0 spiro atoms. The fourth-order valence-corrected chi connectivity index (χ4v) is 2.60. The smallest absolute Gasteiger partial charge is 0.323 e. The third-order valence-corrected chi connectivity index (χ3v) is 3.52. The van der Waals surface area contributed by atoms with Crippen molar-refractivity contribution in [3.8, 4) is 0 Å². The molecule has 2 fully saturated rings. The number of nitrogens with one attached hydrogen (secondary N) is 4. The van der Waals surface area contributed by atoms with Crippen LogP contribution in [0.1, 0.15) is 13.8 Å². The molecule has 1 amide bonds. The third kappa shape index (κ3) is 1.94. The molecule has 2 aliphatic heterocycles. The van der Waals surface area contributed by atoms with E-state index in [9.17, 15) is 4.79 Å². The minimum absolute atomic E-state index is 0.0297. The van der Waals surface area contributed by atoms with Crippen molar-refractivity contribution in [2.24, 2.45) is 5.16 Å². The summed E-state index contributed by atoms with van der Waals surface area (Å²) >= 11 is 1.65. The van der Waals surface area contributed by atoms with Gasteiger partial charge in [0.1, 0.15) is 0 Å². The van der Waals surface area contributed by atoms with Crippen molar-refractivity contribution in [1.82, 2.24) is 26.8 Å². The Hall–Kier alpha value is -1.03. The highest BCUT2D eigenvalue weighted by atomic mass is 32.2. The fraction of sp³-hybridized carbons (Fsp3) is 0.714. The van der Waals surface area contributed by atoms with Gasteiger partial charge in [-0.1, -0.05) is 5.16 Å². The topological polar surface area (TPSA) is 90.0 Å². The molecule has 2 aliphatic rings. The summed E-state index contributed by atoms with van der Waals surface area (Å²) in [6.07, 6.45) is -0.586. The fourth-order valence-electron chi connectivity index (χ4n) is 1.43. The van der Waals surface area contributed by atoms with E-state index in [1.165, 1.54) is 7.05 Å². The van der Waals surface area contributed by atoms with Crippen LogP contribution in [0.4, 0.5) is 4.79 Å². The van der Waals surface area contributed by atoms with Gasteiger partial charge in [0.05, 0.1) is 4.75 Å². The SMILES string of the molecule is CNC(=O)ON=C1N2NNNC2SC1(C)C. The molecule has 0 radical (unpaired) electrons. The van der Waals surface area contributed by atoms with E-state index in [0.717, 1.165) is 0 Å². The van der Waals surface area contributed by atoms with E-state index < -0.39 is 6.09 Å². The van der Waals surface area contributed by atoms with E-state index in [0.29, 0.717) is 5.84 Å². The van der Waals surface area contributed by atoms with Gasteiger partial charge >= 0.3 is 6.09 Å². The maximum absolute atomic E-state index is 11.0. The van der Waals surface area contributed by atoms with Crippen LogP contribution >= 0.6 is 11.8 Å². The van der Waals surface area contributed by atoms with Crippen LogP contribution < -0.4 is 21.8 Å². The first-order valence-corrected chi connectivity index (χ1v) is 5.63. The Morgan fingerprint density at radius 1 is 1.69 bits per heavy atom. The predicted molar refractivity (Wildman–Crippen MR) is 59.7 cm³/mol. The van der Waals surface area contributed by atoms with E-state index >= 15 is 0 Å². The maximum Gasteiger partial charge on any atom is 0.433 e.